The number of ketones is 1. The van der Waals surface area contributed by atoms with Crippen LogP contribution in [0.2, 0.25) is 0 Å². The van der Waals surface area contributed by atoms with Gasteiger partial charge in [-0.2, -0.15) is 0 Å². The summed E-state index contributed by atoms with van der Waals surface area (Å²) in [6.45, 7) is 4.58. The number of carbonyl (C=O) groups excluding carboxylic acids is 2. The number of benzene rings is 1. The molecule has 5 unspecified atom stereocenters. The number of hydrogen-bond acceptors (Lipinski definition) is 5. The lowest BCUT2D eigenvalue weighted by atomic mass is 9.70. The fraction of sp³-hybridized carbons (Fsp3) is 0.400. The monoisotopic (exact) mass is 418 g/mol. The van der Waals surface area contributed by atoms with Crippen LogP contribution in [-0.2, 0) is 20.9 Å². The average Bonchev–Trinajstić information content (AvgIpc) is 3.02. The summed E-state index contributed by atoms with van der Waals surface area (Å²) >= 11 is 0. The smallest absolute Gasteiger partial charge is 0.290 e. The van der Waals surface area contributed by atoms with Crippen molar-refractivity contribution in [2.75, 3.05) is 0 Å². The molecule has 2 aromatic rings. The first kappa shape index (κ1) is 19.8. The van der Waals surface area contributed by atoms with Crippen molar-refractivity contribution in [2.24, 2.45) is 17.8 Å². The number of ether oxygens (including phenoxy) is 1. The summed E-state index contributed by atoms with van der Waals surface area (Å²) in [5.41, 5.74) is 2.00. The Kier molecular flexibility index (Phi) is 4.80. The molecular weight excluding hydrogens is 392 g/mol. The van der Waals surface area contributed by atoms with E-state index in [0.717, 1.165) is 18.4 Å². The lowest BCUT2D eigenvalue weighted by Crippen LogP contribution is -2.45. The highest BCUT2D eigenvalue weighted by Crippen LogP contribution is 2.49. The number of phenols is 1. The number of aromatic hydroxyl groups is 1. The molecule has 0 spiro atoms. The van der Waals surface area contributed by atoms with Gasteiger partial charge < -0.3 is 14.7 Å². The van der Waals surface area contributed by atoms with Crippen molar-refractivity contribution in [3.05, 3.63) is 71.3 Å². The molecule has 0 radical (unpaired) electrons. The maximum atomic E-state index is 13.8. The summed E-state index contributed by atoms with van der Waals surface area (Å²) in [4.78, 5) is 33.1. The van der Waals surface area contributed by atoms with Gasteiger partial charge in [0.1, 0.15) is 11.9 Å². The molecule has 3 heterocycles. The molecule has 0 saturated heterocycles. The molecule has 31 heavy (non-hydrogen) atoms. The molecule has 1 amide bonds. The zero-order valence-corrected chi connectivity index (χ0v) is 17.7. The molecule has 5 rings (SSSR count). The molecule has 2 aliphatic heterocycles. The van der Waals surface area contributed by atoms with Gasteiger partial charge >= 0.3 is 0 Å². The maximum absolute atomic E-state index is 13.8. The molecule has 1 aromatic carbocycles. The van der Waals surface area contributed by atoms with Crippen molar-refractivity contribution >= 4 is 11.7 Å². The highest BCUT2D eigenvalue weighted by molar-refractivity contribution is 6.11. The summed E-state index contributed by atoms with van der Waals surface area (Å²) in [6.07, 6.45) is 4.91. The molecule has 6 heteroatoms. The number of carbonyl (C=O) groups is 2. The molecule has 160 valence electrons. The van der Waals surface area contributed by atoms with Crippen LogP contribution in [-0.4, -0.2) is 32.8 Å². The zero-order valence-electron chi connectivity index (χ0n) is 17.7. The normalized spacial score (nSPS) is 30.1. The second-order valence-electron chi connectivity index (χ2n) is 9.14. The first-order valence-electron chi connectivity index (χ1n) is 10.9. The predicted octanol–water partition coefficient (Wildman–Crippen LogP) is 3.77. The maximum Gasteiger partial charge on any atom is 0.290 e. The first-order valence-corrected chi connectivity index (χ1v) is 10.9. The van der Waals surface area contributed by atoms with Gasteiger partial charge in [0.2, 0.25) is 0 Å². The average molecular weight is 418 g/mol. The minimum Gasteiger partial charge on any atom is -0.508 e. The van der Waals surface area contributed by atoms with E-state index in [2.05, 4.69) is 18.8 Å². The van der Waals surface area contributed by atoms with Gasteiger partial charge in [-0.25, -0.2) is 0 Å². The molecule has 3 aliphatic rings. The summed E-state index contributed by atoms with van der Waals surface area (Å²) in [7, 11) is 0. The number of Topliss-reactive ketones (excluding diaryl/α,β-unsaturated/α-hetero) is 1. The number of pyridine rings is 1. The Bertz CT molecular complexity index is 1060. The SMILES string of the molecule is CC1CC(C)C2OC3=C(C(=O)C2C1)C(c1cccc(O)c1)N(Cc1cccnc1)C3=O. The number of nitrogens with zero attached hydrogens (tertiary/aromatic N) is 2. The first-order chi connectivity index (χ1) is 14.9. The van der Waals surface area contributed by atoms with E-state index in [-0.39, 0.29) is 41.1 Å². The largest absolute Gasteiger partial charge is 0.508 e. The molecule has 1 N–H and O–H groups in total. The van der Waals surface area contributed by atoms with Crippen LogP contribution in [0.25, 0.3) is 0 Å². The fourth-order valence-corrected chi connectivity index (χ4v) is 5.52. The van der Waals surface area contributed by atoms with Gasteiger partial charge in [0.05, 0.1) is 17.5 Å². The van der Waals surface area contributed by atoms with E-state index in [1.165, 1.54) is 0 Å². The molecule has 1 aliphatic carbocycles. The third kappa shape index (κ3) is 3.30. The van der Waals surface area contributed by atoms with E-state index >= 15 is 0 Å². The second kappa shape index (κ2) is 7.52. The number of aromatic nitrogens is 1. The van der Waals surface area contributed by atoms with Gasteiger partial charge in [0.15, 0.2) is 11.5 Å². The predicted molar refractivity (Wildman–Crippen MR) is 114 cm³/mol. The number of rotatable bonds is 3. The van der Waals surface area contributed by atoms with E-state index in [1.54, 1.807) is 35.5 Å². The lowest BCUT2D eigenvalue weighted by Gasteiger charge is -2.41. The molecule has 1 saturated carbocycles. The quantitative estimate of drug-likeness (QED) is 0.821. The van der Waals surface area contributed by atoms with Gasteiger partial charge in [0.25, 0.3) is 5.91 Å². The van der Waals surface area contributed by atoms with Crippen LogP contribution in [0.4, 0.5) is 0 Å². The van der Waals surface area contributed by atoms with E-state index < -0.39 is 6.04 Å². The Morgan fingerprint density at radius 2 is 2.00 bits per heavy atom. The zero-order chi connectivity index (χ0) is 21.7. The van der Waals surface area contributed by atoms with Crippen LogP contribution >= 0.6 is 0 Å². The molecule has 1 aromatic heterocycles. The van der Waals surface area contributed by atoms with Gasteiger partial charge in [0, 0.05) is 18.9 Å². The molecule has 1 fully saturated rings. The van der Waals surface area contributed by atoms with Crippen molar-refractivity contribution in [2.45, 2.75) is 45.4 Å². The molecule has 6 nitrogen and oxygen atoms in total. The fourth-order valence-electron chi connectivity index (χ4n) is 5.52. The van der Waals surface area contributed by atoms with Crippen LogP contribution in [0, 0.1) is 17.8 Å². The third-order valence-electron chi connectivity index (χ3n) is 6.79. The second-order valence-corrected chi connectivity index (χ2v) is 9.14. The Balaban J connectivity index is 1.60. The number of phenolic OH excluding ortho intramolecular Hbond substituents is 1. The van der Waals surface area contributed by atoms with Gasteiger partial charge in [-0.05, 0) is 54.0 Å². The molecular formula is C25H26N2O4. The summed E-state index contributed by atoms with van der Waals surface area (Å²) in [5, 5.41) is 10.1. The highest BCUT2D eigenvalue weighted by atomic mass is 16.5. The number of fused-ring (bicyclic) bond motifs is 1. The van der Waals surface area contributed by atoms with Gasteiger partial charge in [-0.15, -0.1) is 0 Å². The van der Waals surface area contributed by atoms with Crippen LogP contribution in [0.5, 0.6) is 5.75 Å². The number of hydrogen-bond donors (Lipinski definition) is 1. The Hall–Kier alpha value is -3.15. The van der Waals surface area contributed by atoms with Crippen LogP contribution in [0.1, 0.15) is 43.9 Å². The van der Waals surface area contributed by atoms with Gasteiger partial charge in [-0.3, -0.25) is 14.6 Å². The third-order valence-corrected chi connectivity index (χ3v) is 6.79. The van der Waals surface area contributed by atoms with Gasteiger partial charge in [-0.1, -0.05) is 32.0 Å². The topological polar surface area (TPSA) is 79.7 Å². The van der Waals surface area contributed by atoms with Crippen LogP contribution in [0.3, 0.4) is 0 Å². The van der Waals surface area contributed by atoms with Crippen molar-refractivity contribution in [1.29, 1.82) is 0 Å². The van der Waals surface area contributed by atoms with E-state index in [1.807, 2.05) is 18.2 Å². The summed E-state index contributed by atoms with van der Waals surface area (Å²) in [5.74, 6) is 0.445. The summed E-state index contributed by atoms with van der Waals surface area (Å²) in [6, 6.07) is 9.93. The highest BCUT2D eigenvalue weighted by Gasteiger charge is 2.53. The minimum atomic E-state index is -0.587. The Morgan fingerprint density at radius 3 is 2.74 bits per heavy atom. The lowest BCUT2D eigenvalue weighted by molar-refractivity contribution is -0.139. The Morgan fingerprint density at radius 1 is 1.16 bits per heavy atom. The number of amides is 1. The van der Waals surface area contributed by atoms with Crippen molar-refractivity contribution in [1.82, 2.24) is 9.88 Å². The van der Waals surface area contributed by atoms with Crippen molar-refractivity contribution in [3.63, 3.8) is 0 Å². The van der Waals surface area contributed by atoms with Crippen molar-refractivity contribution in [3.8, 4) is 5.75 Å². The standard InChI is InChI=1S/C25H26N2O4/c1-14-9-15(2)23-19(10-14)22(29)20-21(17-6-3-7-18(28)11-17)27(25(30)24(20)31-23)13-16-5-4-8-26-12-16/h3-8,11-12,14-15,19,21,23,28H,9-10,13H2,1-2H3. The Labute approximate surface area is 181 Å². The molecule has 0 bridgehead atoms. The summed E-state index contributed by atoms with van der Waals surface area (Å²) < 4.78 is 6.30. The van der Waals surface area contributed by atoms with E-state index in [0.29, 0.717) is 23.6 Å². The van der Waals surface area contributed by atoms with Crippen LogP contribution in [0.15, 0.2) is 60.1 Å². The van der Waals surface area contributed by atoms with E-state index in [9.17, 15) is 14.7 Å². The van der Waals surface area contributed by atoms with E-state index in [4.69, 9.17) is 4.74 Å². The van der Waals surface area contributed by atoms with Crippen molar-refractivity contribution < 1.29 is 19.4 Å². The minimum absolute atomic E-state index is 0.0139. The molecule has 5 atom stereocenters. The van der Waals surface area contributed by atoms with Crippen LogP contribution < -0.4 is 0 Å².